The third kappa shape index (κ3) is 4.01. The van der Waals surface area contributed by atoms with Crippen LogP contribution in [0.2, 0.25) is 0 Å². The van der Waals surface area contributed by atoms with Crippen molar-refractivity contribution in [2.45, 2.75) is 13.0 Å². The number of aromatic nitrogens is 2. The fraction of sp³-hybridized carbons (Fsp3) is 0.438. The van der Waals surface area contributed by atoms with Crippen LogP contribution in [0.15, 0.2) is 29.2 Å². The second-order valence-corrected chi connectivity index (χ2v) is 6.69. The van der Waals surface area contributed by atoms with Crippen molar-refractivity contribution in [3.05, 3.63) is 44.6 Å². The van der Waals surface area contributed by atoms with Crippen LogP contribution in [0.5, 0.6) is 0 Å². The molecule has 0 amide bonds. The van der Waals surface area contributed by atoms with Crippen LogP contribution < -0.4 is 9.77 Å². The summed E-state index contributed by atoms with van der Waals surface area (Å²) in [5.41, 5.74) is 0.670. The van der Waals surface area contributed by atoms with Crippen molar-refractivity contribution in [1.82, 2.24) is 14.9 Å². The maximum absolute atomic E-state index is 11.6. The number of carbonyl (C=O) groups excluding carboxylic acids is 1. The first kappa shape index (κ1) is 16.7. The highest BCUT2D eigenvalue weighted by molar-refractivity contribution is 7.09. The minimum absolute atomic E-state index is 0.110. The second kappa shape index (κ2) is 7.59. The standard InChI is InChI=1S/C16H20N4O3S/c1-23-15(21)10-12-13(24-16(22)18-12)11-19-6-8-20(9-7-19)14-4-2-3-5-17-14/h2-5H,6-11H2,1H3,(H,18,22). The molecule has 7 nitrogen and oxygen atoms in total. The fourth-order valence-electron chi connectivity index (χ4n) is 2.76. The Hall–Kier alpha value is -2.19. The number of methoxy groups -OCH3 is 1. The van der Waals surface area contributed by atoms with E-state index in [-0.39, 0.29) is 17.3 Å². The largest absolute Gasteiger partial charge is 0.469 e. The number of ether oxygens (including phenoxy) is 1. The zero-order chi connectivity index (χ0) is 16.9. The molecule has 0 unspecified atom stereocenters. The molecule has 0 bridgehead atoms. The number of pyridine rings is 1. The van der Waals surface area contributed by atoms with Gasteiger partial charge in [-0.2, -0.15) is 0 Å². The third-order valence-electron chi connectivity index (χ3n) is 4.07. The minimum Gasteiger partial charge on any atom is -0.469 e. The summed E-state index contributed by atoms with van der Waals surface area (Å²) in [6.45, 7) is 4.23. The average molecular weight is 348 g/mol. The van der Waals surface area contributed by atoms with Crippen molar-refractivity contribution in [3.63, 3.8) is 0 Å². The molecule has 0 spiro atoms. The summed E-state index contributed by atoms with van der Waals surface area (Å²) in [5, 5.41) is 0. The van der Waals surface area contributed by atoms with E-state index in [0.717, 1.165) is 36.9 Å². The summed E-state index contributed by atoms with van der Waals surface area (Å²) in [5.74, 6) is 0.653. The van der Waals surface area contributed by atoms with Crippen molar-refractivity contribution >= 4 is 23.1 Å². The van der Waals surface area contributed by atoms with Gasteiger partial charge in [0.1, 0.15) is 5.82 Å². The normalized spacial score (nSPS) is 15.5. The van der Waals surface area contributed by atoms with Gasteiger partial charge in [0.25, 0.3) is 0 Å². The summed E-state index contributed by atoms with van der Waals surface area (Å²) in [6, 6.07) is 5.92. The van der Waals surface area contributed by atoms with E-state index in [2.05, 4.69) is 24.5 Å². The Balaban J connectivity index is 1.60. The van der Waals surface area contributed by atoms with Crippen LogP contribution in [0, 0.1) is 0 Å². The first-order valence-electron chi connectivity index (χ1n) is 7.81. The van der Waals surface area contributed by atoms with Gasteiger partial charge in [0, 0.05) is 49.5 Å². The molecule has 1 fully saturated rings. The van der Waals surface area contributed by atoms with Crippen molar-refractivity contribution in [2.75, 3.05) is 38.2 Å². The predicted molar refractivity (Wildman–Crippen MR) is 92.4 cm³/mol. The Bertz CT molecular complexity index is 735. The van der Waals surface area contributed by atoms with Gasteiger partial charge in [0.05, 0.1) is 13.5 Å². The van der Waals surface area contributed by atoms with E-state index < -0.39 is 0 Å². The molecule has 3 heterocycles. The summed E-state index contributed by atoms with van der Waals surface area (Å²) in [7, 11) is 1.35. The SMILES string of the molecule is COC(=O)Cc1[nH]c(=O)sc1CN1CCN(c2ccccn2)CC1. The van der Waals surface area contributed by atoms with Gasteiger partial charge in [-0.25, -0.2) is 4.98 Å². The Morgan fingerprint density at radius 3 is 2.79 bits per heavy atom. The smallest absolute Gasteiger partial charge is 0.311 e. The number of esters is 1. The van der Waals surface area contributed by atoms with E-state index in [9.17, 15) is 9.59 Å². The molecule has 0 saturated carbocycles. The Morgan fingerprint density at radius 1 is 1.33 bits per heavy atom. The molecule has 0 radical (unpaired) electrons. The molecule has 128 valence electrons. The summed E-state index contributed by atoms with van der Waals surface area (Å²) in [6.07, 6.45) is 1.91. The van der Waals surface area contributed by atoms with E-state index in [4.69, 9.17) is 0 Å². The minimum atomic E-state index is -0.342. The quantitative estimate of drug-likeness (QED) is 0.808. The number of nitrogens with one attached hydrogen (secondary N) is 1. The first-order valence-corrected chi connectivity index (χ1v) is 8.63. The maximum Gasteiger partial charge on any atom is 0.311 e. The van der Waals surface area contributed by atoms with Crippen molar-refractivity contribution in [1.29, 1.82) is 0 Å². The van der Waals surface area contributed by atoms with Crippen LogP contribution in [0.1, 0.15) is 10.6 Å². The lowest BCUT2D eigenvalue weighted by molar-refractivity contribution is -0.139. The van der Waals surface area contributed by atoms with Crippen LogP contribution in [0.3, 0.4) is 0 Å². The molecule has 2 aromatic rings. The molecule has 1 aliphatic rings. The fourth-order valence-corrected chi connectivity index (χ4v) is 3.65. The van der Waals surface area contributed by atoms with Gasteiger partial charge < -0.3 is 14.6 Å². The summed E-state index contributed by atoms with van der Waals surface area (Å²) < 4.78 is 4.69. The van der Waals surface area contributed by atoms with E-state index in [0.29, 0.717) is 12.2 Å². The van der Waals surface area contributed by atoms with Crippen LogP contribution in [0.25, 0.3) is 0 Å². The highest BCUT2D eigenvalue weighted by Gasteiger charge is 2.20. The molecule has 1 saturated heterocycles. The van der Waals surface area contributed by atoms with Gasteiger partial charge in [-0.15, -0.1) is 0 Å². The number of H-pyrrole nitrogens is 1. The summed E-state index contributed by atoms with van der Waals surface area (Å²) in [4.78, 5) is 35.6. The molecule has 0 aliphatic carbocycles. The molecule has 0 atom stereocenters. The molecular formula is C16H20N4O3S. The number of hydrogen-bond donors (Lipinski definition) is 1. The van der Waals surface area contributed by atoms with Crippen LogP contribution in [-0.4, -0.2) is 54.1 Å². The number of hydrogen-bond acceptors (Lipinski definition) is 7. The van der Waals surface area contributed by atoms with E-state index in [1.165, 1.54) is 18.4 Å². The monoisotopic (exact) mass is 348 g/mol. The second-order valence-electron chi connectivity index (χ2n) is 5.62. The van der Waals surface area contributed by atoms with Crippen molar-refractivity contribution in [3.8, 4) is 0 Å². The van der Waals surface area contributed by atoms with Crippen molar-refractivity contribution < 1.29 is 9.53 Å². The lowest BCUT2D eigenvalue weighted by Gasteiger charge is -2.35. The van der Waals surface area contributed by atoms with E-state index >= 15 is 0 Å². The number of rotatable bonds is 5. The molecule has 1 N–H and O–H groups in total. The number of anilines is 1. The number of nitrogens with zero attached hydrogens (tertiary/aromatic N) is 3. The van der Waals surface area contributed by atoms with Gasteiger partial charge in [0.2, 0.25) is 0 Å². The zero-order valence-corrected chi connectivity index (χ0v) is 14.3. The lowest BCUT2D eigenvalue weighted by atomic mass is 10.2. The van der Waals surface area contributed by atoms with Crippen molar-refractivity contribution in [2.24, 2.45) is 0 Å². The van der Waals surface area contributed by atoms with Crippen LogP contribution >= 0.6 is 11.3 Å². The average Bonchev–Trinajstić information content (AvgIpc) is 2.95. The Labute approximate surface area is 143 Å². The third-order valence-corrected chi connectivity index (χ3v) is 4.98. The molecule has 1 aliphatic heterocycles. The number of aromatic amines is 1. The van der Waals surface area contributed by atoms with Crippen LogP contribution in [0.4, 0.5) is 5.82 Å². The van der Waals surface area contributed by atoms with Gasteiger partial charge in [-0.3, -0.25) is 14.5 Å². The Morgan fingerprint density at radius 2 is 2.12 bits per heavy atom. The van der Waals surface area contributed by atoms with E-state index in [1.807, 2.05) is 18.2 Å². The maximum atomic E-state index is 11.6. The molecular weight excluding hydrogens is 328 g/mol. The highest BCUT2D eigenvalue weighted by atomic mass is 32.1. The number of carbonyl (C=O) groups is 1. The Kier molecular flexibility index (Phi) is 5.27. The lowest BCUT2D eigenvalue weighted by Crippen LogP contribution is -2.46. The zero-order valence-electron chi connectivity index (χ0n) is 13.5. The topological polar surface area (TPSA) is 78.5 Å². The van der Waals surface area contributed by atoms with Gasteiger partial charge in [0.15, 0.2) is 0 Å². The molecule has 3 rings (SSSR count). The van der Waals surface area contributed by atoms with Gasteiger partial charge in [-0.1, -0.05) is 17.4 Å². The molecule has 24 heavy (non-hydrogen) atoms. The van der Waals surface area contributed by atoms with Gasteiger partial charge >= 0.3 is 10.8 Å². The summed E-state index contributed by atoms with van der Waals surface area (Å²) >= 11 is 1.17. The molecule has 0 aromatic carbocycles. The predicted octanol–water partition coefficient (Wildman–Crippen LogP) is 0.869. The highest BCUT2D eigenvalue weighted by Crippen LogP contribution is 2.17. The molecule has 2 aromatic heterocycles. The van der Waals surface area contributed by atoms with Gasteiger partial charge in [-0.05, 0) is 12.1 Å². The number of thiazole rings is 1. The van der Waals surface area contributed by atoms with Crippen LogP contribution in [-0.2, 0) is 22.5 Å². The van der Waals surface area contributed by atoms with E-state index in [1.54, 1.807) is 6.20 Å². The number of piperazine rings is 1. The first-order chi connectivity index (χ1) is 11.7. The molecule has 8 heteroatoms.